The van der Waals surface area contributed by atoms with Gasteiger partial charge in [0, 0.05) is 18.1 Å². The van der Waals surface area contributed by atoms with E-state index in [1.807, 2.05) is 0 Å². The number of carbonyl (C=O) groups is 4. The number of hydrogen-bond donors (Lipinski definition) is 7. The van der Waals surface area contributed by atoms with Gasteiger partial charge in [-0.15, -0.1) is 0 Å². The first-order chi connectivity index (χ1) is 13.8. The molecule has 12 heteroatoms. The lowest BCUT2D eigenvalue weighted by atomic mass is 10.1. The number of carboxylic acids is 1. The number of aliphatic carboxylic acids is 1. The van der Waals surface area contributed by atoms with Crippen molar-refractivity contribution in [3.05, 3.63) is 0 Å². The summed E-state index contributed by atoms with van der Waals surface area (Å²) in [4.78, 5) is 50.2. The summed E-state index contributed by atoms with van der Waals surface area (Å²) < 4.78 is 0. The Balaban J connectivity index is 2.83. The lowest BCUT2D eigenvalue weighted by molar-refractivity contribution is -0.149. The maximum Gasteiger partial charge on any atom is 0.326 e. The van der Waals surface area contributed by atoms with Gasteiger partial charge in [-0.2, -0.15) is 25.3 Å². The van der Waals surface area contributed by atoms with E-state index >= 15 is 0 Å². The van der Waals surface area contributed by atoms with E-state index in [9.17, 15) is 24.3 Å². The standard InChI is InChI=1S/C17H31N5O5S2/c18-6-2-1-4-11(20-14(23)10(19)8-28)15(24)21-12(9-29)16(25)22-7-3-5-13(22)17(26)27/h10-13,28-29H,1-9,18-19H2,(H,20,23)(H,21,24)(H,26,27). The molecule has 10 nitrogen and oxygen atoms in total. The quantitative estimate of drug-likeness (QED) is 0.138. The normalized spacial score (nSPS) is 19.3. The van der Waals surface area contributed by atoms with Crippen molar-refractivity contribution in [3.63, 3.8) is 0 Å². The summed E-state index contributed by atoms with van der Waals surface area (Å²) in [5, 5.41) is 14.4. The SMILES string of the molecule is NCCCCC(NC(=O)C(N)CS)C(=O)NC(CS)C(=O)N1CCCC1C(=O)O. The second kappa shape index (κ2) is 12.9. The number of hydrogen-bond acceptors (Lipinski definition) is 8. The van der Waals surface area contributed by atoms with Crippen LogP contribution in [0.2, 0.25) is 0 Å². The molecule has 0 aliphatic carbocycles. The minimum absolute atomic E-state index is 0.00691. The lowest BCUT2D eigenvalue weighted by Crippen LogP contribution is -2.57. The van der Waals surface area contributed by atoms with Crippen LogP contribution in [0, 0.1) is 0 Å². The largest absolute Gasteiger partial charge is 0.480 e. The van der Waals surface area contributed by atoms with Gasteiger partial charge < -0.3 is 32.1 Å². The summed E-state index contributed by atoms with van der Waals surface area (Å²) in [6.07, 6.45) is 2.53. The molecule has 1 heterocycles. The van der Waals surface area contributed by atoms with E-state index < -0.39 is 47.9 Å². The fourth-order valence-electron chi connectivity index (χ4n) is 3.07. The second-order valence-electron chi connectivity index (χ2n) is 6.91. The number of rotatable bonds is 12. The minimum Gasteiger partial charge on any atom is -0.480 e. The lowest BCUT2D eigenvalue weighted by Gasteiger charge is -2.28. The molecule has 0 aromatic heterocycles. The van der Waals surface area contributed by atoms with E-state index in [2.05, 4.69) is 35.9 Å². The number of carboxylic acid groups (broad SMARTS) is 1. The molecular weight excluding hydrogens is 418 g/mol. The zero-order valence-corrected chi connectivity index (χ0v) is 18.0. The van der Waals surface area contributed by atoms with Gasteiger partial charge >= 0.3 is 5.97 Å². The Morgan fingerprint density at radius 3 is 2.28 bits per heavy atom. The zero-order valence-electron chi connectivity index (χ0n) is 16.2. The monoisotopic (exact) mass is 449 g/mol. The fraction of sp³-hybridized carbons (Fsp3) is 0.765. The Morgan fingerprint density at radius 2 is 1.72 bits per heavy atom. The number of likely N-dealkylation sites (tertiary alicyclic amines) is 1. The molecule has 1 saturated heterocycles. The number of unbranched alkanes of at least 4 members (excludes halogenated alkanes) is 1. The van der Waals surface area contributed by atoms with Crippen LogP contribution in [0.4, 0.5) is 0 Å². The van der Waals surface area contributed by atoms with Crippen molar-refractivity contribution in [2.45, 2.75) is 56.3 Å². The van der Waals surface area contributed by atoms with Crippen LogP contribution in [-0.4, -0.2) is 82.5 Å². The third-order valence-electron chi connectivity index (χ3n) is 4.73. The van der Waals surface area contributed by atoms with Gasteiger partial charge in [0.1, 0.15) is 18.1 Å². The molecule has 1 aliphatic rings. The molecular formula is C17H31N5O5S2. The Bertz CT molecular complexity index is 595. The Labute approximate surface area is 181 Å². The second-order valence-corrected chi connectivity index (χ2v) is 7.64. The number of nitrogens with one attached hydrogen (secondary N) is 2. The molecule has 1 aliphatic heterocycles. The van der Waals surface area contributed by atoms with Crippen LogP contribution in [0.25, 0.3) is 0 Å². The van der Waals surface area contributed by atoms with E-state index in [0.717, 1.165) is 0 Å². The van der Waals surface area contributed by atoms with Crippen LogP contribution in [0.1, 0.15) is 32.1 Å². The molecule has 4 atom stereocenters. The van der Waals surface area contributed by atoms with Gasteiger partial charge in [0.15, 0.2) is 0 Å². The third kappa shape index (κ3) is 7.68. The van der Waals surface area contributed by atoms with E-state index in [1.54, 1.807) is 0 Å². The van der Waals surface area contributed by atoms with Crippen molar-refractivity contribution in [1.29, 1.82) is 0 Å². The van der Waals surface area contributed by atoms with Crippen LogP contribution in [0.3, 0.4) is 0 Å². The van der Waals surface area contributed by atoms with Crippen molar-refractivity contribution in [3.8, 4) is 0 Å². The van der Waals surface area contributed by atoms with Crippen LogP contribution >= 0.6 is 25.3 Å². The third-order valence-corrected chi connectivity index (χ3v) is 5.49. The van der Waals surface area contributed by atoms with Gasteiger partial charge in [-0.1, -0.05) is 0 Å². The van der Waals surface area contributed by atoms with Crippen LogP contribution in [0.5, 0.6) is 0 Å². The summed E-state index contributed by atoms with van der Waals surface area (Å²) in [6.45, 7) is 0.755. The van der Waals surface area contributed by atoms with E-state index in [1.165, 1.54) is 4.90 Å². The van der Waals surface area contributed by atoms with Gasteiger partial charge in [-0.3, -0.25) is 14.4 Å². The first-order valence-corrected chi connectivity index (χ1v) is 10.8. The van der Waals surface area contributed by atoms with E-state index in [-0.39, 0.29) is 11.5 Å². The summed E-state index contributed by atoms with van der Waals surface area (Å²) in [7, 11) is 0. The smallest absolute Gasteiger partial charge is 0.326 e. The summed E-state index contributed by atoms with van der Waals surface area (Å²) in [5.74, 6) is -2.54. The van der Waals surface area contributed by atoms with Crippen molar-refractivity contribution < 1.29 is 24.3 Å². The number of carbonyl (C=O) groups excluding carboxylic acids is 3. The average molecular weight is 450 g/mol. The Kier molecular flexibility index (Phi) is 11.4. The van der Waals surface area contributed by atoms with Gasteiger partial charge in [-0.05, 0) is 38.6 Å². The van der Waals surface area contributed by atoms with Gasteiger partial charge in [0.2, 0.25) is 17.7 Å². The molecule has 0 aromatic rings. The van der Waals surface area contributed by atoms with Crippen molar-refractivity contribution >= 4 is 48.9 Å². The number of nitrogens with two attached hydrogens (primary N) is 2. The highest BCUT2D eigenvalue weighted by atomic mass is 32.1. The number of amides is 3. The van der Waals surface area contributed by atoms with E-state index in [0.29, 0.717) is 45.2 Å². The average Bonchev–Trinajstić information content (AvgIpc) is 3.20. The Morgan fingerprint density at radius 1 is 1.07 bits per heavy atom. The molecule has 0 saturated carbocycles. The molecule has 0 bridgehead atoms. The van der Waals surface area contributed by atoms with Gasteiger partial charge in [0.25, 0.3) is 0 Å². The van der Waals surface area contributed by atoms with Crippen molar-refractivity contribution in [2.24, 2.45) is 11.5 Å². The topological polar surface area (TPSA) is 168 Å². The highest BCUT2D eigenvalue weighted by molar-refractivity contribution is 7.80. The maximum atomic E-state index is 12.8. The molecule has 1 rings (SSSR count). The Hall–Kier alpha value is -1.50. The van der Waals surface area contributed by atoms with Crippen LogP contribution in [0.15, 0.2) is 0 Å². The minimum atomic E-state index is -1.08. The summed E-state index contributed by atoms with van der Waals surface area (Å²) >= 11 is 8.11. The molecule has 0 spiro atoms. The van der Waals surface area contributed by atoms with Gasteiger partial charge in [-0.25, -0.2) is 4.79 Å². The molecule has 4 unspecified atom stereocenters. The molecule has 29 heavy (non-hydrogen) atoms. The first kappa shape index (κ1) is 25.5. The van der Waals surface area contributed by atoms with Crippen molar-refractivity contribution in [1.82, 2.24) is 15.5 Å². The zero-order chi connectivity index (χ0) is 22.0. The summed E-state index contributed by atoms with van der Waals surface area (Å²) in [5.41, 5.74) is 11.1. The highest BCUT2D eigenvalue weighted by Gasteiger charge is 2.37. The van der Waals surface area contributed by atoms with Crippen LogP contribution < -0.4 is 22.1 Å². The first-order valence-electron chi connectivity index (χ1n) is 9.58. The van der Waals surface area contributed by atoms with E-state index in [4.69, 9.17) is 11.5 Å². The molecule has 1 fully saturated rings. The van der Waals surface area contributed by atoms with Crippen molar-refractivity contribution in [2.75, 3.05) is 24.6 Å². The van der Waals surface area contributed by atoms with Gasteiger partial charge in [0.05, 0.1) is 6.04 Å². The number of thiol groups is 2. The molecule has 0 radical (unpaired) electrons. The predicted octanol–water partition coefficient (Wildman–Crippen LogP) is -1.65. The fourth-order valence-corrected chi connectivity index (χ4v) is 3.48. The predicted molar refractivity (Wildman–Crippen MR) is 115 cm³/mol. The molecule has 3 amide bonds. The summed E-state index contributed by atoms with van der Waals surface area (Å²) in [6, 6.07) is -3.68. The molecule has 0 aromatic carbocycles. The maximum absolute atomic E-state index is 12.8. The highest BCUT2D eigenvalue weighted by Crippen LogP contribution is 2.19. The van der Waals surface area contributed by atoms with Crippen LogP contribution in [-0.2, 0) is 19.2 Å². The molecule has 7 N–H and O–H groups in total. The number of nitrogens with zero attached hydrogens (tertiary/aromatic N) is 1. The molecule has 166 valence electrons.